The highest BCUT2D eigenvalue weighted by Crippen LogP contribution is 2.35. The average molecular weight is 287 g/mol. The number of nitrogens with zero attached hydrogens (tertiary/aromatic N) is 1. The molecule has 1 saturated carbocycles. The van der Waals surface area contributed by atoms with E-state index in [2.05, 4.69) is 6.07 Å². The van der Waals surface area contributed by atoms with E-state index in [4.69, 9.17) is 5.11 Å². The Hall–Kier alpha value is -1.84. The van der Waals surface area contributed by atoms with Crippen LogP contribution in [-0.2, 0) is 16.0 Å². The van der Waals surface area contributed by atoms with E-state index in [1.165, 1.54) is 5.56 Å². The lowest BCUT2D eigenvalue weighted by Gasteiger charge is -2.30. The molecule has 0 aromatic heterocycles. The Kier molecular flexibility index (Phi) is 3.95. The molecule has 0 aliphatic heterocycles. The van der Waals surface area contributed by atoms with Crippen molar-refractivity contribution in [3.63, 3.8) is 0 Å². The number of hydrogen-bond acceptors (Lipinski definition) is 2. The van der Waals surface area contributed by atoms with Crippen LogP contribution in [0.2, 0.25) is 0 Å². The maximum Gasteiger partial charge on any atom is 0.323 e. The lowest BCUT2D eigenvalue weighted by molar-refractivity contribution is -0.145. The van der Waals surface area contributed by atoms with Crippen molar-refractivity contribution in [1.82, 2.24) is 4.90 Å². The quantitative estimate of drug-likeness (QED) is 0.905. The van der Waals surface area contributed by atoms with Crippen LogP contribution >= 0.6 is 0 Å². The number of fused-ring (bicyclic) bond motifs is 1. The summed E-state index contributed by atoms with van der Waals surface area (Å²) in [5.74, 6) is -0.579. The lowest BCUT2D eigenvalue weighted by atomic mass is 9.82. The van der Waals surface area contributed by atoms with Gasteiger partial charge in [-0.25, -0.2) is 0 Å². The molecule has 2 aliphatic rings. The molecule has 0 saturated heterocycles. The van der Waals surface area contributed by atoms with Crippen molar-refractivity contribution in [2.45, 2.75) is 38.0 Å². The van der Waals surface area contributed by atoms with Crippen molar-refractivity contribution in [2.24, 2.45) is 5.92 Å². The molecule has 4 heteroatoms. The first-order chi connectivity index (χ1) is 10.1. The Morgan fingerprint density at radius 2 is 1.95 bits per heavy atom. The van der Waals surface area contributed by atoms with Gasteiger partial charge >= 0.3 is 5.97 Å². The van der Waals surface area contributed by atoms with Crippen molar-refractivity contribution in [3.8, 4) is 0 Å². The molecular formula is C17H21NO3. The molecule has 1 unspecified atom stereocenters. The van der Waals surface area contributed by atoms with Crippen molar-refractivity contribution >= 4 is 11.9 Å². The highest BCUT2D eigenvalue weighted by Gasteiger charge is 2.33. The van der Waals surface area contributed by atoms with Gasteiger partial charge in [-0.3, -0.25) is 9.59 Å². The Balaban J connectivity index is 1.80. The second kappa shape index (κ2) is 5.88. The van der Waals surface area contributed by atoms with Crippen LogP contribution in [0, 0.1) is 5.92 Å². The summed E-state index contributed by atoms with van der Waals surface area (Å²) in [6, 6.07) is 8.07. The van der Waals surface area contributed by atoms with Gasteiger partial charge in [0.1, 0.15) is 6.54 Å². The molecule has 1 fully saturated rings. The fourth-order valence-corrected chi connectivity index (χ4v) is 3.24. The second-order valence-corrected chi connectivity index (χ2v) is 6.20. The minimum atomic E-state index is -0.923. The van der Waals surface area contributed by atoms with Crippen LogP contribution in [0.4, 0.5) is 0 Å². The van der Waals surface area contributed by atoms with Crippen molar-refractivity contribution in [2.75, 3.05) is 13.1 Å². The number of carboxylic acid groups (broad SMARTS) is 1. The largest absolute Gasteiger partial charge is 0.480 e. The van der Waals surface area contributed by atoms with Gasteiger partial charge in [-0.2, -0.15) is 0 Å². The van der Waals surface area contributed by atoms with Crippen LogP contribution in [0.3, 0.4) is 0 Å². The Morgan fingerprint density at radius 1 is 1.19 bits per heavy atom. The zero-order chi connectivity index (χ0) is 14.8. The first-order valence-corrected chi connectivity index (χ1v) is 7.73. The summed E-state index contributed by atoms with van der Waals surface area (Å²) in [6.45, 7) is 0.428. The van der Waals surface area contributed by atoms with Crippen molar-refractivity contribution in [1.29, 1.82) is 0 Å². The number of carboxylic acids is 1. The van der Waals surface area contributed by atoms with Gasteiger partial charge in [0.25, 0.3) is 0 Å². The third-order valence-electron chi connectivity index (χ3n) is 4.48. The summed E-state index contributed by atoms with van der Waals surface area (Å²) in [6.07, 6.45) is 5.07. The molecule has 2 aliphatic carbocycles. The van der Waals surface area contributed by atoms with Crippen LogP contribution in [0.25, 0.3) is 0 Å². The smallest absolute Gasteiger partial charge is 0.323 e. The van der Waals surface area contributed by atoms with Crippen LogP contribution in [0.15, 0.2) is 24.3 Å². The van der Waals surface area contributed by atoms with Crippen LogP contribution < -0.4 is 0 Å². The topological polar surface area (TPSA) is 57.6 Å². The number of aliphatic carboxylic acids is 1. The predicted molar refractivity (Wildman–Crippen MR) is 79.1 cm³/mol. The molecule has 112 valence electrons. The van der Waals surface area contributed by atoms with E-state index in [9.17, 15) is 9.59 Å². The standard InChI is InChI=1S/C17H21NO3/c19-16(20)11-18(10-12-8-9-12)17(21)15-7-3-5-13-4-1-2-6-14(13)15/h1-2,4,6,12,15H,3,5,7-11H2,(H,19,20). The maximum atomic E-state index is 12.8. The Morgan fingerprint density at radius 3 is 2.67 bits per heavy atom. The normalized spacial score (nSPS) is 20.7. The van der Waals surface area contributed by atoms with Gasteiger partial charge in [-0.1, -0.05) is 24.3 Å². The summed E-state index contributed by atoms with van der Waals surface area (Å²) in [5.41, 5.74) is 2.34. The summed E-state index contributed by atoms with van der Waals surface area (Å²) in [5, 5.41) is 9.07. The maximum absolute atomic E-state index is 12.8. The number of carbonyl (C=O) groups excluding carboxylic acids is 1. The number of benzene rings is 1. The van der Waals surface area contributed by atoms with E-state index in [0.717, 1.165) is 37.7 Å². The average Bonchev–Trinajstić information content (AvgIpc) is 3.29. The molecule has 1 N–H and O–H groups in total. The zero-order valence-electron chi connectivity index (χ0n) is 12.1. The van der Waals surface area contributed by atoms with Gasteiger partial charge in [-0.05, 0) is 49.1 Å². The van der Waals surface area contributed by atoms with Crippen LogP contribution in [0.5, 0.6) is 0 Å². The predicted octanol–water partition coefficient (Wildman–Crippen LogP) is 2.43. The van der Waals surface area contributed by atoms with E-state index in [-0.39, 0.29) is 18.4 Å². The SMILES string of the molecule is O=C(O)CN(CC1CC1)C(=O)C1CCCc2ccccc21. The molecule has 1 aromatic carbocycles. The fraction of sp³-hybridized carbons (Fsp3) is 0.529. The van der Waals surface area contributed by atoms with Crippen LogP contribution in [-0.4, -0.2) is 35.0 Å². The summed E-state index contributed by atoms with van der Waals surface area (Å²) < 4.78 is 0. The first-order valence-electron chi connectivity index (χ1n) is 7.73. The Labute approximate surface area is 124 Å². The van der Waals surface area contributed by atoms with E-state index < -0.39 is 5.97 Å². The molecule has 0 spiro atoms. The van der Waals surface area contributed by atoms with Gasteiger partial charge in [0.15, 0.2) is 0 Å². The zero-order valence-corrected chi connectivity index (χ0v) is 12.1. The third kappa shape index (κ3) is 3.26. The molecular weight excluding hydrogens is 266 g/mol. The molecule has 1 atom stereocenters. The third-order valence-corrected chi connectivity index (χ3v) is 4.48. The summed E-state index contributed by atoms with van der Waals surface area (Å²) in [4.78, 5) is 25.4. The number of hydrogen-bond donors (Lipinski definition) is 1. The molecule has 0 heterocycles. The first kappa shape index (κ1) is 14.1. The molecule has 1 aromatic rings. The van der Waals surface area contributed by atoms with Crippen molar-refractivity contribution in [3.05, 3.63) is 35.4 Å². The van der Waals surface area contributed by atoms with Crippen LogP contribution in [0.1, 0.15) is 42.7 Å². The van der Waals surface area contributed by atoms with Gasteiger partial charge in [-0.15, -0.1) is 0 Å². The second-order valence-electron chi connectivity index (χ2n) is 6.20. The molecule has 1 amide bonds. The summed E-state index contributed by atoms with van der Waals surface area (Å²) in [7, 11) is 0. The number of aryl methyl sites for hydroxylation is 1. The van der Waals surface area contributed by atoms with E-state index in [1.807, 2.05) is 18.2 Å². The molecule has 4 nitrogen and oxygen atoms in total. The lowest BCUT2D eigenvalue weighted by Crippen LogP contribution is -2.41. The molecule has 3 rings (SSSR count). The monoisotopic (exact) mass is 287 g/mol. The molecule has 0 bridgehead atoms. The highest BCUT2D eigenvalue weighted by atomic mass is 16.4. The fourth-order valence-electron chi connectivity index (χ4n) is 3.24. The number of carbonyl (C=O) groups is 2. The van der Waals surface area contributed by atoms with Gasteiger partial charge in [0.2, 0.25) is 5.91 Å². The van der Waals surface area contributed by atoms with Gasteiger partial charge < -0.3 is 10.0 Å². The number of rotatable bonds is 5. The molecule has 21 heavy (non-hydrogen) atoms. The number of amides is 1. The Bertz CT molecular complexity index is 551. The van der Waals surface area contributed by atoms with E-state index in [1.54, 1.807) is 4.90 Å². The minimum Gasteiger partial charge on any atom is -0.480 e. The van der Waals surface area contributed by atoms with E-state index >= 15 is 0 Å². The minimum absolute atomic E-state index is 0.00329. The highest BCUT2D eigenvalue weighted by molar-refractivity contribution is 5.87. The molecule has 0 radical (unpaired) electrons. The summed E-state index contributed by atoms with van der Waals surface area (Å²) >= 11 is 0. The van der Waals surface area contributed by atoms with Gasteiger partial charge in [0.05, 0.1) is 5.92 Å². The van der Waals surface area contributed by atoms with Crippen molar-refractivity contribution < 1.29 is 14.7 Å². The van der Waals surface area contributed by atoms with Gasteiger partial charge in [0, 0.05) is 6.54 Å². The van der Waals surface area contributed by atoms with E-state index in [0.29, 0.717) is 12.5 Å².